The highest BCUT2D eigenvalue weighted by molar-refractivity contribution is 7.17. The van der Waals surface area contributed by atoms with Crippen LogP contribution in [0.15, 0.2) is 24.3 Å². The van der Waals surface area contributed by atoms with Gasteiger partial charge in [-0.2, -0.15) is 13.2 Å². The van der Waals surface area contributed by atoms with Gasteiger partial charge in [0.15, 0.2) is 18.3 Å². The van der Waals surface area contributed by atoms with Crippen LogP contribution in [0.3, 0.4) is 0 Å². The SMILES string of the molecule is CN1CC2CC(C)(C)C1CC2Nc1cccc(-c2sc(C=O)c(OCC=O)c2C(F)(F)F)c1. The van der Waals surface area contributed by atoms with Gasteiger partial charge in [0, 0.05) is 24.3 Å². The number of carbonyl (C=O) groups is 2. The van der Waals surface area contributed by atoms with E-state index in [0.717, 1.165) is 36.4 Å². The quantitative estimate of drug-likeness (QED) is 0.541. The normalized spacial score (nSPS) is 24.5. The average Bonchev–Trinajstić information content (AvgIpc) is 3.12. The molecule has 178 valence electrons. The molecule has 2 saturated heterocycles. The van der Waals surface area contributed by atoms with Crippen LogP contribution < -0.4 is 10.1 Å². The first-order valence-corrected chi connectivity index (χ1v) is 11.7. The second-order valence-electron chi connectivity index (χ2n) is 9.57. The lowest BCUT2D eigenvalue weighted by atomic mass is 9.62. The summed E-state index contributed by atoms with van der Waals surface area (Å²) in [7, 11) is 2.15. The summed E-state index contributed by atoms with van der Waals surface area (Å²) in [6, 6.07) is 7.54. The van der Waals surface area contributed by atoms with Crippen molar-refractivity contribution in [2.45, 2.75) is 44.9 Å². The number of hydrogen-bond acceptors (Lipinski definition) is 6. The van der Waals surface area contributed by atoms with Crippen LogP contribution >= 0.6 is 11.3 Å². The Balaban J connectivity index is 1.66. The number of nitrogens with zero attached hydrogens (tertiary/aromatic N) is 1. The van der Waals surface area contributed by atoms with E-state index in [9.17, 15) is 22.8 Å². The Bertz CT molecular complexity index is 1050. The van der Waals surface area contributed by atoms with Gasteiger partial charge in [-0.25, -0.2) is 0 Å². The molecule has 3 atom stereocenters. The average molecular weight is 481 g/mol. The second kappa shape index (κ2) is 8.76. The van der Waals surface area contributed by atoms with Crippen molar-refractivity contribution in [1.29, 1.82) is 0 Å². The topological polar surface area (TPSA) is 58.6 Å². The van der Waals surface area contributed by atoms with Crippen LogP contribution in [0, 0.1) is 11.3 Å². The fourth-order valence-electron chi connectivity index (χ4n) is 5.55. The minimum atomic E-state index is -4.74. The molecule has 0 amide bonds. The molecule has 0 radical (unpaired) electrons. The van der Waals surface area contributed by atoms with E-state index in [0.29, 0.717) is 30.1 Å². The number of halogens is 3. The van der Waals surface area contributed by atoms with Crippen LogP contribution in [0.25, 0.3) is 10.4 Å². The number of nitrogens with one attached hydrogen (secondary N) is 1. The highest BCUT2D eigenvalue weighted by atomic mass is 32.1. The van der Waals surface area contributed by atoms with Gasteiger partial charge in [0.2, 0.25) is 0 Å². The van der Waals surface area contributed by atoms with Crippen molar-refractivity contribution >= 4 is 29.6 Å². The Morgan fingerprint density at radius 1 is 1.30 bits per heavy atom. The van der Waals surface area contributed by atoms with E-state index in [4.69, 9.17) is 4.74 Å². The Labute approximate surface area is 194 Å². The van der Waals surface area contributed by atoms with Gasteiger partial charge in [0.25, 0.3) is 0 Å². The number of hydrogen-bond donors (Lipinski definition) is 1. The fourth-order valence-corrected chi connectivity index (χ4v) is 6.62. The molecule has 1 N–H and O–H groups in total. The highest BCUT2D eigenvalue weighted by Gasteiger charge is 2.48. The maximum Gasteiger partial charge on any atom is 0.421 e. The van der Waals surface area contributed by atoms with E-state index >= 15 is 0 Å². The number of aldehydes is 2. The molecule has 2 aliphatic heterocycles. The zero-order chi connectivity index (χ0) is 24.0. The third-order valence-electron chi connectivity index (χ3n) is 6.84. The lowest BCUT2D eigenvalue weighted by Gasteiger charge is -2.56. The lowest BCUT2D eigenvalue weighted by molar-refractivity contribution is -0.138. The van der Waals surface area contributed by atoms with E-state index in [-0.39, 0.29) is 21.2 Å². The molecule has 5 rings (SSSR count). The monoisotopic (exact) mass is 480 g/mol. The molecule has 3 unspecified atom stereocenters. The molecular weight excluding hydrogens is 453 g/mol. The minimum Gasteiger partial charge on any atom is -0.484 e. The molecule has 1 saturated carbocycles. The molecule has 1 aromatic heterocycles. The maximum absolute atomic E-state index is 14.0. The summed E-state index contributed by atoms with van der Waals surface area (Å²) in [6.45, 7) is 5.02. The van der Waals surface area contributed by atoms with Crippen molar-refractivity contribution in [1.82, 2.24) is 4.90 Å². The first-order valence-electron chi connectivity index (χ1n) is 10.9. The van der Waals surface area contributed by atoms with Crippen molar-refractivity contribution in [3.8, 4) is 16.2 Å². The molecule has 0 spiro atoms. The molecule has 1 aliphatic carbocycles. The Hall–Kier alpha value is -2.39. The van der Waals surface area contributed by atoms with Crippen LogP contribution in [-0.2, 0) is 11.0 Å². The Kier molecular flexibility index (Phi) is 6.30. The third-order valence-corrected chi connectivity index (χ3v) is 7.99. The van der Waals surface area contributed by atoms with Crippen LogP contribution in [0.4, 0.5) is 18.9 Å². The fraction of sp³-hybridized carbons (Fsp3) is 0.500. The Morgan fingerprint density at radius 3 is 2.67 bits per heavy atom. The van der Waals surface area contributed by atoms with Crippen molar-refractivity contribution in [2.24, 2.45) is 11.3 Å². The number of ether oxygens (including phenoxy) is 1. The molecule has 2 aromatic rings. The van der Waals surface area contributed by atoms with Gasteiger partial charge in [-0.05, 0) is 48.9 Å². The van der Waals surface area contributed by atoms with Crippen molar-refractivity contribution in [3.63, 3.8) is 0 Å². The number of thiophene rings is 1. The van der Waals surface area contributed by atoms with Crippen LogP contribution in [0.2, 0.25) is 0 Å². The van der Waals surface area contributed by atoms with E-state index < -0.39 is 24.1 Å². The van der Waals surface area contributed by atoms with Gasteiger partial charge < -0.3 is 15.0 Å². The Morgan fingerprint density at radius 2 is 2.06 bits per heavy atom. The van der Waals surface area contributed by atoms with Crippen molar-refractivity contribution < 1.29 is 27.5 Å². The molecule has 2 bridgehead atoms. The van der Waals surface area contributed by atoms with Gasteiger partial charge in [0.05, 0.1) is 4.88 Å². The number of anilines is 1. The number of rotatable bonds is 7. The lowest BCUT2D eigenvalue weighted by Crippen LogP contribution is -2.61. The van der Waals surface area contributed by atoms with Crippen LogP contribution in [0.5, 0.6) is 5.75 Å². The van der Waals surface area contributed by atoms with Gasteiger partial charge in [0.1, 0.15) is 17.0 Å². The van der Waals surface area contributed by atoms with E-state index in [1.54, 1.807) is 18.2 Å². The summed E-state index contributed by atoms with van der Waals surface area (Å²) in [4.78, 5) is 24.2. The standard InChI is InChI=1S/C24H27F3N2O3S/c1-23(2)11-15-12-29(3)19(23)10-17(15)28-16-6-4-5-14(9-16)22-20(24(25,26)27)21(32-8-7-30)18(13-31)33-22/h4-7,9,13,15,17,19,28H,8,10-12H2,1-3H3. The van der Waals surface area contributed by atoms with Gasteiger partial charge >= 0.3 is 6.18 Å². The number of piperidine rings is 2. The molecule has 3 heterocycles. The van der Waals surface area contributed by atoms with E-state index in [1.165, 1.54) is 0 Å². The zero-order valence-electron chi connectivity index (χ0n) is 18.7. The third kappa shape index (κ3) is 4.53. The largest absolute Gasteiger partial charge is 0.484 e. The number of benzene rings is 1. The maximum atomic E-state index is 14.0. The molecular formula is C24H27F3N2O3S. The van der Waals surface area contributed by atoms with Gasteiger partial charge in [-0.15, -0.1) is 11.3 Å². The van der Waals surface area contributed by atoms with E-state index in [1.807, 2.05) is 6.07 Å². The summed E-state index contributed by atoms with van der Waals surface area (Å²) >= 11 is 0.720. The molecule has 33 heavy (non-hydrogen) atoms. The number of alkyl halides is 3. The summed E-state index contributed by atoms with van der Waals surface area (Å²) in [6.07, 6.45) is -1.98. The van der Waals surface area contributed by atoms with Gasteiger partial charge in [-0.3, -0.25) is 9.59 Å². The molecule has 5 nitrogen and oxygen atoms in total. The molecule has 3 aliphatic rings. The summed E-state index contributed by atoms with van der Waals surface area (Å²) < 4.78 is 46.9. The predicted octanol–water partition coefficient (Wildman–Crippen LogP) is 5.35. The summed E-state index contributed by atoms with van der Waals surface area (Å²) in [5, 5.41) is 3.56. The van der Waals surface area contributed by atoms with Crippen LogP contribution in [0.1, 0.15) is 41.9 Å². The van der Waals surface area contributed by atoms with Crippen LogP contribution in [-0.4, -0.2) is 49.8 Å². The first-order chi connectivity index (χ1) is 15.5. The predicted molar refractivity (Wildman–Crippen MR) is 122 cm³/mol. The number of fused-ring (bicyclic) bond motifs is 3. The van der Waals surface area contributed by atoms with Crippen molar-refractivity contribution in [2.75, 3.05) is 25.5 Å². The van der Waals surface area contributed by atoms with Crippen molar-refractivity contribution in [3.05, 3.63) is 34.7 Å². The number of carbonyl (C=O) groups excluding carboxylic acids is 2. The smallest absolute Gasteiger partial charge is 0.421 e. The molecule has 3 fully saturated rings. The molecule has 1 aromatic carbocycles. The summed E-state index contributed by atoms with van der Waals surface area (Å²) in [5.74, 6) is -0.131. The highest BCUT2D eigenvalue weighted by Crippen LogP contribution is 2.50. The second-order valence-corrected chi connectivity index (χ2v) is 10.6. The summed E-state index contributed by atoms with van der Waals surface area (Å²) in [5.41, 5.74) is 0.308. The molecule has 9 heteroatoms. The van der Waals surface area contributed by atoms with E-state index in [2.05, 4.69) is 31.1 Å². The van der Waals surface area contributed by atoms with Gasteiger partial charge in [-0.1, -0.05) is 26.0 Å². The minimum absolute atomic E-state index is 0.0971. The first kappa shape index (κ1) is 23.8. The zero-order valence-corrected chi connectivity index (χ0v) is 19.6.